The average Bonchev–Trinajstić information content (AvgIpc) is 3.73. The number of nitrogens with zero attached hydrogens (tertiary/aromatic N) is 3. The normalized spacial score (nSPS) is 21.1. The molecule has 46 heavy (non-hydrogen) atoms. The van der Waals surface area contributed by atoms with Crippen LogP contribution in [0.25, 0.3) is 17.3 Å². The summed E-state index contributed by atoms with van der Waals surface area (Å²) >= 11 is 14.0. The molecule has 2 atom stereocenters. The molecule has 13 heteroatoms. The number of carbonyl (C=O) groups excluding carboxylic acids is 1. The fraction of sp³-hybridized carbons (Fsp3) is 0.424. The van der Waals surface area contributed by atoms with Crippen LogP contribution in [0.5, 0.6) is 0 Å². The van der Waals surface area contributed by atoms with Gasteiger partial charge in [-0.05, 0) is 69.0 Å². The number of amides is 1. The Balaban J connectivity index is 1.30. The number of likely N-dealkylation sites (tertiary alicyclic amines) is 1. The number of carboxylic acid groups (broad SMARTS) is 1. The zero-order valence-electron chi connectivity index (χ0n) is 25.0. The van der Waals surface area contributed by atoms with Crippen molar-refractivity contribution in [3.05, 3.63) is 68.7 Å². The molecule has 3 aliphatic rings. The quantitative estimate of drug-likeness (QED) is 0.241. The average molecular weight is 694 g/mol. The molecule has 2 saturated heterocycles. The summed E-state index contributed by atoms with van der Waals surface area (Å²) in [7, 11) is 0. The minimum atomic E-state index is -4.52. The minimum absolute atomic E-state index is 0.0198. The molecule has 2 aliphatic heterocycles. The van der Waals surface area contributed by atoms with Crippen molar-refractivity contribution < 1.29 is 27.9 Å². The number of halogens is 5. The van der Waals surface area contributed by atoms with Gasteiger partial charge in [-0.1, -0.05) is 65.9 Å². The first-order chi connectivity index (χ1) is 21.9. The number of carbonyl (C=O) groups is 2. The van der Waals surface area contributed by atoms with Crippen LogP contribution in [0.15, 0.2) is 42.0 Å². The Morgan fingerprint density at radius 1 is 1.07 bits per heavy atom. The lowest BCUT2D eigenvalue weighted by atomic mass is 9.93. The van der Waals surface area contributed by atoms with Crippen LogP contribution in [0, 0.1) is 5.92 Å². The number of carboxylic acids is 1. The van der Waals surface area contributed by atoms with Crippen molar-refractivity contribution in [3.63, 3.8) is 0 Å². The van der Waals surface area contributed by atoms with E-state index >= 15 is 0 Å². The third-order valence-electron chi connectivity index (χ3n) is 9.25. The molecular weight excluding hydrogens is 660 g/mol. The number of rotatable bonds is 7. The van der Waals surface area contributed by atoms with E-state index in [1.54, 1.807) is 6.07 Å². The van der Waals surface area contributed by atoms with Gasteiger partial charge in [-0.3, -0.25) is 15.0 Å². The predicted octanol–water partition coefficient (Wildman–Crippen LogP) is 8.72. The van der Waals surface area contributed by atoms with Gasteiger partial charge in [0.05, 0.1) is 15.6 Å². The molecule has 0 radical (unpaired) electrons. The molecule has 244 valence electrons. The number of hydrogen-bond donors (Lipinski definition) is 2. The van der Waals surface area contributed by atoms with Crippen LogP contribution in [0.3, 0.4) is 0 Å². The van der Waals surface area contributed by atoms with Crippen LogP contribution in [0.4, 0.5) is 23.3 Å². The van der Waals surface area contributed by atoms with Crippen LogP contribution in [-0.4, -0.2) is 58.6 Å². The smallest absolute Gasteiger partial charge is 0.416 e. The van der Waals surface area contributed by atoms with E-state index < -0.39 is 23.6 Å². The first-order valence-corrected chi connectivity index (χ1v) is 16.9. The second-order valence-electron chi connectivity index (χ2n) is 12.2. The molecule has 6 rings (SSSR count). The number of fused-ring (bicyclic) bond motifs is 1. The highest BCUT2D eigenvalue weighted by atomic mass is 35.5. The lowest BCUT2D eigenvalue weighted by molar-refractivity contribution is -0.137. The largest absolute Gasteiger partial charge is 0.478 e. The van der Waals surface area contributed by atoms with Gasteiger partial charge < -0.3 is 10.0 Å². The van der Waals surface area contributed by atoms with Crippen LogP contribution in [0.2, 0.25) is 10.0 Å². The maximum Gasteiger partial charge on any atom is 0.416 e. The Bertz CT molecular complexity index is 1670. The van der Waals surface area contributed by atoms with E-state index in [0.717, 1.165) is 38.2 Å². The molecule has 2 unspecified atom stereocenters. The summed E-state index contributed by atoms with van der Waals surface area (Å²) in [5.41, 5.74) is 0.343. The molecule has 3 aromatic rings. The lowest BCUT2D eigenvalue weighted by Crippen LogP contribution is -2.43. The van der Waals surface area contributed by atoms with Gasteiger partial charge in [-0.2, -0.15) is 13.2 Å². The molecule has 0 spiro atoms. The number of anilines is 2. The first-order valence-electron chi connectivity index (χ1n) is 15.3. The Hall–Kier alpha value is -3.12. The Labute approximate surface area is 279 Å². The molecule has 7 nitrogen and oxygen atoms in total. The van der Waals surface area contributed by atoms with Gasteiger partial charge in [-0.25, -0.2) is 9.78 Å². The van der Waals surface area contributed by atoms with Crippen LogP contribution in [0.1, 0.15) is 66.9 Å². The number of alkyl halides is 3. The van der Waals surface area contributed by atoms with E-state index in [0.29, 0.717) is 34.3 Å². The van der Waals surface area contributed by atoms with Crippen LogP contribution in [-0.2, 0) is 11.0 Å². The summed E-state index contributed by atoms with van der Waals surface area (Å²) in [5, 5.41) is 13.1. The van der Waals surface area contributed by atoms with Crippen molar-refractivity contribution in [1.82, 2.24) is 9.88 Å². The molecule has 1 aromatic heterocycles. The molecule has 1 amide bonds. The van der Waals surface area contributed by atoms with Crippen molar-refractivity contribution >= 4 is 62.6 Å². The van der Waals surface area contributed by atoms with E-state index in [2.05, 4.69) is 20.1 Å². The summed E-state index contributed by atoms with van der Waals surface area (Å²) in [6, 6.07) is 8.83. The van der Waals surface area contributed by atoms with Crippen molar-refractivity contribution in [2.24, 2.45) is 5.92 Å². The van der Waals surface area contributed by atoms with Gasteiger partial charge in [0.15, 0.2) is 5.13 Å². The third kappa shape index (κ3) is 6.79. The van der Waals surface area contributed by atoms with Gasteiger partial charge >= 0.3 is 12.1 Å². The monoisotopic (exact) mass is 692 g/mol. The van der Waals surface area contributed by atoms with Crippen molar-refractivity contribution in [2.75, 3.05) is 29.9 Å². The topological polar surface area (TPSA) is 85.8 Å². The number of nitrogens with one attached hydrogen (secondary N) is 1. The molecular formula is C33H33Cl2F3N4O3S. The highest BCUT2D eigenvalue weighted by Gasteiger charge is 2.45. The maximum atomic E-state index is 13.7. The second kappa shape index (κ2) is 13.2. The summed E-state index contributed by atoms with van der Waals surface area (Å²) in [4.78, 5) is 34.2. The number of benzene rings is 2. The number of aromatic nitrogens is 1. The number of hydrogen-bond acceptors (Lipinski definition) is 6. The first kappa shape index (κ1) is 32.8. The van der Waals surface area contributed by atoms with Crippen LogP contribution < -0.4 is 10.2 Å². The van der Waals surface area contributed by atoms with Crippen molar-refractivity contribution in [3.8, 4) is 11.3 Å². The van der Waals surface area contributed by atoms with Crippen LogP contribution >= 0.6 is 34.5 Å². The van der Waals surface area contributed by atoms with Crippen molar-refractivity contribution in [2.45, 2.75) is 63.7 Å². The van der Waals surface area contributed by atoms with Gasteiger partial charge in [0, 0.05) is 47.4 Å². The minimum Gasteiger partial charge on any atom is -0.478 e. The summed E-state index contributed by atoms with van der Waals surface area (Å²) < 4.78 is 41.1. The van der Waals surface area contributed by atoms with Gasteiger partial charge in [0.1, 0.15) is 10.7 Å². The number of thiazole rings is 1. The highest BCUT2D eigenvalue weighted by Crippen LogP contribution is 2.45. The molecule has 2 aromatic carbocycles. The summed E-state index contributed by atoms with van der Waals surface area (Å²) in [6.07, 6.45) is 4.08. The summed E-state index contributed by atoms with van der Waals surface area (Å²) in [5.74, 6) is -1.24. The zero-order valence-corrected chi connectivity index (χ0v) is 27.4. The zero-order chi connectivity index (χ0) is 32.7. The number of aliphatic carboxylic acids is 1. The highest BCUT2D eigenvalue weighted by molar-refractivity contribution is 7.20. The molecule has 2 N–H and O–H groups in total. The third-order valence-corrected chi connectivity index (χ3v) is 10.9. The van der Waals surface area contributed by atoms with E-state index in [4.69, 9.17) is 23.2 Å². The maximum absolute atomic E-state index is 13.7. The predicted molar refractivity (Wildman–Crippen MR) is 176 cm³/mol. The van der Waals surface area contributed by atoms with E-state index in [1.165, 1.54) is 74.6 Å². The van der Waals surface area contributed by atoms with E-state index in [-0.39, 0.29) is 31.9 Å². The molecule has 3 fully saturated rings. The Morgan fingerprint density at radius 3 is 2.46 bits per heavy atom. The van der Waals surface area contributed by atoms with E-state index in [1.807, 2.05) is 0 Å². The van der Waals surface area contributed by atoms with Crippen molar-refractivity contribution in [1.29, 1.82) is 0 Å². The Morgan fingerprint density at radius 2 is 1.78 bits per heavy atom. The molecule has 0 bridgehead atoms. The fourth-order valence-corrected chi connectivity index (χ4v) is 8.54. The SMILES string of the molecule is C/C(=C\c1c(Cl)cc(C(=O)Nc2nc(-c3cccc(C(F)(F)F)c3)c(N3CC4CCN(C5CCCCC5)C4C3)s2)cc1Cl)C(=O)O. The standard InChI is InChI=1S/C33H33Cl2F3N4O3S/c1-18(31(44)45)12-24-25(34)14-21(15-26(24)35)29(43)40-32-39-28(19-6-5-7-22(13-19)33(36,37)38)30(46-32)41-16-20-10-11-42(27(20)17-41)23-8-3-2-4-9-23/h5-7,12-15,20,23,27H,2-4,8-11,16-17H2,1H3,(H,44,45)(H,39,40,43)/b18-12+. The fourth-order valence-electron chi connectivity index (χ4n) is 6.94. The van der Waals surface area contributed by atoms with Gasteiger partial charge in [0.2, 0.25) is 0 Å². The Kier molecular flexibility index (Phi) is 9.40. The van der Waals surface area contributed by atoms with Gasteiger partial charge in [-0.15, -0.1) is 0 Å². The summed E-state index contributed by atoms with van der Waals surface area (Å²) in [6.45, 7) is 4.00. The molecule has 3 heterocycles. The molecule has 1 aliphatic carbocycles. The lowest BCUT2D eigenvalue weighted by Gasteiger charge is -2.35. The second-order valence-corrected chi connectivity index (χ2v) is 14.0. The van der Waals surface area contributed by atoms with Gasteiger partial charge in [0.25, 0.3) is 5.91 Å². The van der Waals surface area contributed by atoms with E-state index in [9.17, 15) is 27.9 Å². The molecule has 1 saturated carbocycles.